The quantitative estimate of drug-likeness (QED) is 0.401. The Kier molecular flexibility index (Phi) is 6.16. The smallest absolute Gasteiger partial charge is 0.322 e. The fourth-order valence-corrected chi connectivity index (χ4v) is 4.61. The summed E-state index contributed by atoms with van der Waals surface area (Å²) in [5.41, 5.74) is 0.536. The van der Waals surface area contributed by atoms with E-state index in [1.807, 2.05) is 0 Å². The standard InChI is InChI=1S/C16H23ClN2O5SSi/c1-11(16(20)21)25(22,23)15-7-12-9-18-14(17)8-13(12)19(15)10-24-5-6-26(2,3)4/h7-9,11H,5-6,10H2,1-4H3,(H,20,21). The van der Waals surface area contributed by atoms with Crippen LogP contribution in [0.2, 0.25) is 30.8 Å². The van der Waals surface area contributed by atoms with Crippen molar-refractivity contribution in [1.29, 1.82) is 0 Å². The third kappa shape index (κ3) is 4.64. The molecular formula is C16H23ClN2O5SSi. The number of sulfone groups is 1. The lowest BCUT2D eigenvalue weighted by molar-refractivity contribution is -0.136. The molecule has 0 aliphatic heterocycles. The lowest BCUT2D eigenvalue weighted by atomic mass is 10.3. The van der Waals surface area contributed by atoms with Gasteiger partial charge in [0.15, 0.2) is 5.25 Å². The zero-order valence-corrected chi connectivity index (χ0v) is 17.8. The zero-order valence-electron chi connectivity index (χ0n) is 15.2. The van der Waals surface area contributed by atoms with Crippen LogP contribution in [0.1, 0.15) is 6.92 Å². The molecule has 0 amide bonds. The molecule has 2 aromatic heterocycles. The van der Waals surface area contributed by atoms with E-state index in [4.69, 9.17) is 21.4 Å². The molecule has 0 saturated heterocycles. The summed E-state index contributed by atoms with van der Waals surface area (Å²) in [6, 6.07) is 3.89. The van der Waals surface area contributed by atoms with Crippen LogP contribution < -0.4 is 0 Å². The van der Waals surface area contributed by atoms with Gasteiger partial charge in [-0.3, -0.25) is 4.79 Å². The Morgan fingerprint density at radius 3 is 2.62 bits per heavy atom. The molecule has 2 heterocycles. The predicted molar refractivity (Wildman–Crippen MR) is 103 cm³/mol. The normalized spacial score (nSPS) is 13.9. The molecule has 10 heteroatoms. The van der Waals surface area contributed by atoms with Gasteiger partial charge in [0.1, 0.15) is 16.9 Å². The number of carbonyl (C=O) groups is 1. The lowest BCUT2D eigenvalue weighted by Gasteiger charge is -2.17. The van der Waals surface area contributed by atoms with Crippen molar-refractivity contribution in [3.05, 3.63) is 23.5 Å². The molecule has 7 nitrogen and oxygen atoms in total. The van der Waals surface area contributed by atoms with Crippen LogP contribution in [0.25, 0.3) is 10.9 Å². The van der Waals surface area contributed by atoms with Gasteiger partial charge in [0.25, 0.3) is 0 Å². The molecule has 2 aromatic rings. The van der Waals surface area contributed by atoms with E-state index in [9.17, 15) is 13.2 Å². The fourth-order valence-electron chi connectivity index (χ4n) is 2.32. The van der Waals surface area contributed by atoms with Crippen molar-refractivity contribution in [1.82, 2.24) is 9.55 Å². The summed E-state index contributed by atoms with van der Waals surface area (Å²) in [5, 5.41) is 8.23. The number of hydrogen-bond acceptors (Lipinski definition) is 5. The number of ether oxygens (including phenoxy) is 1. The molecule has 2 rings (SSSR count). The summed E-state index contributed by atoms with van der Waals surface area (Å²) in [6.07, 6.45) is 1.46. The van der Waals surface area contributed by atoms with Gasteiger partial charge in [0.2, 0.25) is 9.84 Å². The summed E-state index contributed by atoms with van der Waals surface area (Å²) in [5.74, 6) is -1.40. The number of pyridine rings is 1. The second-order valence-electron chi connectivity index (χ2n) is 7.35. The van der Waals surface area contributed by atoms with E-state index in [1.165, 1.54) is 16.8 Å². The average Bonchev–Trinajstić information content (AvgIpc) is 2.88. The van der Waals surface area contributed by atoms with Crippen LogP contribution in [0.15, 0.2) is 23.4 Å². The molecule has 1 atom stereocenters. The maximum absolute atomic E-state index is 12.7. The van der Waals surface area contributed by atoms with Crippen LogP contribution in [-0.2, 0) is 26.1 Å². The number of carboxylic acid groups (broad SMARTS) is 1. The molecule has 0 fully saturated rings. The van der Waals surface area contributed by atoms with E-state index < -0.39 is 29.1 Å². The molecular weight excluding hydrogens is 396 g/mol. The Labute approximate surface area is 158 Å². The Morgan fingerprint density at radius 1 is 1.38 bits per heavy atom. The SMILES string of the molecule is CC(C(=O)O)S(=O)(=O)c1cc2cnc(Cl)cc2n1COCC[Si](C)(C)C. The van der Waals surface area contributed by atoms with Crippen molar-refractivity contribution >= 4 is 46.4 Å². The highest BCUT2D eigenvalue weighted by Crippen LogP contribution is 2.27. The third-order valence-electron chi connectivity index (χ3n) is 4.04. The van der Waals surface area contributed by atoms with Gasteiger partial charge in [-0.25, -0.2) is 13.4 Å². The van der Waals surface area contributed by atoms with Gasteiger partial charge in [-0.15, -0.1) is 0 Å². The number of halogens is 1. The largest absolute Gasteiger partial charge is 0.480 e. The number of fused-ring (bicyclic) bond motifs is 1. The molecule has 0 spiro atoms. The maximum Gasteiger partial charge on any atom is 0.322 e. The van der Waals surface area contributed by atoms with E-state index in [2.05, 4.69) is 24.6 Å². The number of rotatable bonds is 8. The summed E-state index contributed by atoms with van der Waals surface area (Å²) in [4.78, 5) is 15.2. The molecule has 1 N–H and O–H groups in total. The first-order valence-electron chi connectivity index (χ1n) is 8.13. The van der Waals surface area contributed by atoms with Crippen LogP contribution in [-0.4, -0.2) is 49.0 Å². The van der Waals surface area contributed by atoms with Gasteiger partial charge >= 0.3 is 5.97 Å². The number of aromatic nitrogens is 2. The van der Waals surface area contributed by atoms with E-state index in [0.29, 0.717) is 17.5 Å². The van der Waals surface area contributed by atoms with Gasteiger partial charge in [-0.05, 0) is 25.1 Å². The molecule has 0 aromatic carbocycles. The van der Waals surface area contributed by atoms with Gasteiger partial charge in [-0.2, -0.15) is 0 Å². The van der Waals surface area contributed by atoms with Crippen molar-refractivity contribution in [2.24, 2.45) is 0 Å². The highest BCUT2D eigenvalue weighted by Gasteiger charge is 2.33. The summed E-state index contributed by atoms with van der Waals surface area (Å²) < 4.78 is 32.6. The summed E-state index contributed by atoms with van der Waals surface area (Å²) in [6.45, 7) is 8.31. The number of nitrogens with zero attached hydrogens (tertiary/aromatic N) is 2. The Morgan fingerprint density at radius 2 is 2.04 bits per heavy atom. The van der Waals surface area contributed by atoms with Crippen LogP contribution >= 0.6 is 11.6 Å². The van der Waals surface area contributed by atoms with Crippen molar-refractivity contribution in [3.63, 3.8) is 0 Å². The first-order chi connectivity index (χ1) is 11.9. The van der Waals surface area contributed by atoms with Crippen LogP contribution in [0, 0.1) is 0 Å². The van der Waals surface area contributed by atoms with Crippen molar-refractivity contribution in [2.75, 3.05) is 6.61 Å². The molecule has 0 aliphatic rings. The minimum atomic E-state index is -4.09. The highest BCUT2D eigenvalue weighted by molar-refractivity contribution is 7.92. The number of aliphatic carboxylic acids is 1. The Hall–Kier alpha value is -1.42. The van der Waals surface area contributed by atoms with Crippen LogP contribution in [0.5, 0.6) is 0 Å². The minimum Gasteiger partial charge on any atom is -0.480 e. The molecule has 0 radical (unpaired) electrons. The van der Waals surface area contributed by atoms with Crippen LogP contribution in [0.4, 0.5) is 0 Å². The van der Waals surface area contributed by atoms with Gasteiger partial charge in [0.05, 0.1) is 5.52 Å². The molecule has 0 saturated carbocycles. The van der Waals surface area contributed by atoms with E-state index in [-0.39, 0.29) is 16.9 Å². The monoisotopic (exact) mass is 418 g/mol. The second kappa shape index (κ2) is 7.67. The van der Waals surface area contributed by atoms with Crippen molar-refractivity contribution in [3.8, 4) is 0 Å². The number of carboxylic acids is 1. The molecule has 26 heavy (non-hydrogen) atoms. The predicted octanol–water partition coefficient (Wildman–Crippen LogP) is 3.25. The number of hydrogen-bond donors (Lipinski definition) is 1. The van der Waals surface area contributed by atoms with Gasteiger partial charge in [0, 0.05) is 26.3 Å². The van der Waals surface area contributed by atoms with Crippen LogP contribution in [0.3, 0.4) is 0 Å². The highest BCUT2D eigenvalue weighted by atomic mass is 35.5. The van der Waals surface area contributed by atoms with E-state index in [0.717, 1.165) is 13.0 Å². The molecule has 0 bridgehead atoms. The summed E-state index contributed by atoms with van der Waals surface area (Å²) in [7, 11) is -5.37. The molecule has 0 aliphatic carbocycles. The lowest BCUT2D eigenvalue weighted by Crippen LogP contribution is -2.29. The summed E-state index contributed by atoms with van der Waals surface area (Å²) >= 11 is 5.95. The second-order valence-corrected chi connectivity index (χ2v) is 15.6. The van der Waals surface area contributed by atoms with Crippen molar-refractivity contribution in [2.45, 2.75) is 49.6 Å². The zero-order chi connectivity index (χ0) is 19.7. The van der Waals surface area contributed by atoms with Crippen molar-refractivity contribution < 1.29 is 23.1 Å². The Bertz CT molecular complexity index is 921. The molecule has 1 unspecified atom stereocenters. The van der Waals surface area contributed by atoms with Gasteiger partial charge in [-0.1, -0.05) is 31.2 Å². The first-order valence-corrected chi connectivity index (χ1v) is 13.8. The fraction of sp³-hybridized carbons (Fsp3) is 0.500. The topological polar surface area (TPSA) is 98.5 Å². The minimum absolute atomic E-state index is 0.00474. The Balaban J connectivity index is 2.45. The van der Waals surface area contributed by atoms with E-state index in [1.54, 1.807) is 6.07 Å². The molecule has 144 valence electrons. The average molecular weight is 419 g/mol. The third-order valence-corrected chi connectivity index (χ3v) is 8.00. The van der Waals surface area contributed by atoms with Gasteiger partial charge < -0.3 is 14.4 Å². The van der Waals surface area contributed by atoms with E-state index >= 15 is 0 Å². The first kappa shape index (κ1) is 20.9. The maximum atomic E-state index is 12.7.